The van der Waals surface area contributed by atoms with Gasteiger partial charge in [-0.15, -0.1) is 0 Å². The van der Waals surface area contributed by atoms with E-state index in [0.29, 0.717) is 11.5 Å². The third-order valence-electron chi connectivity index (χ3n) is 2.20. The van der Waals surface area contributed by atoms with Crippen molar-refractivity contribution >= 4 is 0 Å². The summed E-state index contributed by atoms with van der Waals surface area (Å²) in [5.41, 5.74) is 6.68. The van der Waals surface area contributed by atoms with E-state index >= 15 is 0 Å². The van der Waals surface area contributed by atoms with Crippen LogP contribution in [0.1, 0.15) is 25.5 Å². The minimum absolute atomic E-state index is 0.146. The van der Waals surface area contributed by atoms with E-state index in [1.807, 2.05) is 25.1 Å². The van der Waals surface area contributed by atoms with Crippen LogP contribution in [0, 0.1) is 11.3 Å². The number of hydrogen-bond donors (Lipinski definition) is 1. The summed E-state index contributed by atoms with van der Waals surface area (Å²) < 4.78 is 10.6. The molecule has 0 aliphatic heterocycles. The molecule has 0 saturated carbocycles. The number of nitrogens with two attached hydrogens (primary N) is 1. The molecule has 86 valence electrons. The van der Waals surface area contributed by atoms with Gasteiger partial charge in [-0.25, -0.2) is 0 Å². The molecule has 16 heavy (non-hydrogen) atoms. The summed E-state index contributed by atoms with van der Waals surface area (Å²) in [6.07, 6.45) is -0.510. The molecular weight excluding hydrogens is 204 g/mol. The van der Waals surface area contributed by atoms with Crippen LogP contribution in [0.15, 0.2) is 18.2 Å². The molecule has 1 aromatic rings. The fourth-order valence-electron chi connectivity index (χ4n) is 1.34. The van der Waals surface area contributed by atoms with E-state index in [-0.39, 0.29) is 6.04 Å². The van der Waals surface area contributed by atoms with Crippen LogP contribution in [0.25, 0.3) is 0 Å². The van der Waals surface area contributed by atoms with Crippen molar-refractivity contribution in [3.8, 4) is 17.6 Å². The molecule has 1 aromatic carbocycles. The van der Waals surface area contributed by atoms with Gasteiger partial charge in [0.2, 0.25) is 0 Å². The van der Waals surface area contributed by atoms with Gasteiger partial charge in [0.15, 0.2) is 6.10 Å². The number of ether oxygens (including phenoxy) is 2. The van der Waals surface area contributed by atoms with Gasteiger partial charge in [-0.1, -0.05) is 6.07 Å². The topological polar surface area (TPSA) is 68.3 Å². The molecule has 0 bridgehead atoms. The second kappa shape index (κ2) is 5.38. The highest BCUT2D eigenvalue weighted by Crippen LogP contribution is 2.29. The van der Waals surface area contributed by atoms with Crippen molar-refractivity contribution in [3.63, 3.8) is 0 Å². The summed E-state index contributed by atoms with van der Waals surface area (Å²) in [6, 6.07) is 7.28. The highest BCUT2D eigenvalue weighted by molar-refractivity contribution is 5.42. The Bertz CT molecular complexity index is 396. The normalized spacial score (nSPS) is 13.7. The van der Waals surface area contributed by atoms with Gasteiger partial charge in [0, 0.05) is 17.7 Å². The van der Waals surface area contributed by atoms with E-state index in [4.69, 9.17) is 20.5 Å². The van der Waals surface area contributed by atoms with E-state index in [0.717, 1.165) is 5.56 Å². The average Bonchev–Trinajstić information content (AvgIpc) is 2.28. The van der Waals surface area contributed by atoms with Crippen LogP contribution >= 0.6 is 0 Å². The van der Waals surface area contributed by atoms with Gasteiger partial charge in [0.05, 0.1) is 7.11 Å². The lowest BCUT2D eigenvalue weighted by molar-refractivity contribution is 0.270. The summed E-state index contributed by atoms with van der Waals surface area (Å²) in [4.78, 5) is 0. The maximum Gasteiger partial charge on any atom is 0.181 e. The number of rotatable bonds is 4. The molecule has 0 aliphatic rings. The molecule has 4 heteroatoms. The van der Waals surface area contributed by atoms with Crippen molar-refractivity contribution in [2.24, 2.45) is 5.73 Å². The number of nitriles is 1. The van der Waals surface area contributed by atoms with Crippen molar-refractivity contribution in [2.75, 3.05) is 7.11 Å². The smallest absolute Gasteiger partial charge is 0.181 e. The summed E-state index contributed by atoms with van der Waals surface area (Å²) in [6.45, 7) is 3.55. The number of hydrogen-bond acceptors (Lipinski definition) is 4. The van der Waals surface area contributed by atoms with Gasteiger partial charge in [-0.3, -0.25) is 0 Å². The predicted octanol–water partition coefficient (Wildman–Crippen LogP) is 2.01. The standard InChI is InChI=1S/C12H16N2O2/c1-8(7-13)16-12-6-10(15-3)4-5-11(12)9(2)14/h4-6,8-9H,14H2,1-3H3/t8?,9-/m0/s1. The van der Waals surface area contributed by atoms with Gasteiger partial charge in [0.25, 0.3) is 0 Å². The van der Waals surface area contributed by atoms with Crippen LogP contribution < -0.4 is 15.2 Å². The van der Waals surface area contributed by atoms with Crippen molar-refractivity contribution in [1.82, 2.24) is 0 Å². The Labute approximate surface area is 95.6 Å². The van der Waals surface area contributed by atoms with E-state index in [2.05, 4.69) is 0 Å². The Hall–Kier alpha value is -1.73. The molecule has 0 fully saturated rings. The highest BCUT2D eigenvalue weighted by atomic mass is 16.5. The van der Waals surface area contributed by atoms with Crippen molar-refractivity contribution in [3.05, 3.63) is 23.8 Å². The molecule has 0 aliphatic carbocycles. The second-order valence-corrected chi connectivity index (χ2v) is 3.58. The van der Waals surface area contributed by atoms with Crippen molar-refractivity contribution in [2.45, 2.75) is 26.0 Å². The van der Waals surface area contributed by atoms with Crippen molar-refractivity contribution in [1.29, 1.82) is 5.26 Å². The molecule has 1 rings (SSSR count). The molecule has 0 aromatic heterocycles. The molecular formula is C12H16N2O2. The van der Waals surface area contributed by atoms with Crippen LogP contribution in [0.2, 0.25) is 0 Å². The lowest BCUT2D eigenvalue weighted by Gasteiger charge is -2.16. The zero-order valence-electron chi connectivity index (χ0n) is 9.73. The lowest BCUT2D eigenvalue weighted by Crippen LogP contribution is -2.13. The maximum absolute atomic E-state index is 8.71. The molecule has 0 amide bonds. The Morgan fingerprint density at radius 3 is 2.56 bits per heavy atom. The van der Waals surface area contributed by atoms with Crippen molar-refractivity contribution < 1.29 is 9.47 Å². The monoisotopic (exact) mass is 220 g/mol. The van der Waals surface area contributed by atoms with E-state index < -0.39 is 6.10 Å². The largest absolute Gasteiger partial charge is 0.497 e. The molecule has 0 spiro atoms. The van der Waals surface area contributed by atoms with Crippen LogP contribution in [0.4, 0.5) is 0 Å². The number of methoxy groups -OCH3 is 1. The predicted molar refractivity (Wildman–Crippen MR) is 61.3 cm³/mol. The fourth-order valence-corrected chi connectivity index (χ4v) is 1.34. The Kier molecular flexibility index (Phi) is 4.15. The van der Waals surface area contributed by atoms with Crippen LogP contribution in [0.5, 0.6) is 11.5 Å². The fraction of sp³-hybridized carbons (Fsp3) is 0.417. The summed E-state index contributed by atoms with van der Waals surface area (Å²) >= 11 is 0. The molecule has 0 saturated heterocycles. The van der Waals surface area contributed by atoms with Gasteiger partial charge in [-0.05, 0) is 19.9 Å². The molecule has 1 unspecified atom stereocenters. The molecule has 0 heterocycles. The van der Waals surface area contributed by atoms with E-state index in [1.54, 1.807) is 20.1 Å². The van der Waals surface area contributed by atoms with E-state index in [1.165, 1.54) is 0 Å². The quantitative estimate of drug-likeness (QED) is 0.842. The Morgan fingerprint density at radius 1 is 1.38 bits per heavy atom. The van der Waals surface area contributed by atoms with Gasteiger partial charge >= 0.3 is 0 Å². The minimum atomic E-state index is -0.510. The highest BCUT2D eigenvalue weighted by Gasteiger charge is 2.12. The van der Waals surface area contributed by atoms with Crippen LogP contribution in [-0.2, 0) is 0 Å². The van der Waals surface area contributed by atoms with E-state index in [9.17, 15) is 0 Å². The molecule has 0 radical (unpaired) electrons. The van der Waals surface area contributed by atoms with Gasteiger partial charge < -0.3 is 15.2 Å². The maximum atomic E-state index is 8.71. The zero-order chi connectivity index (χ0) is 12.1. The average molecular weight is 220 g/mol. The third kappa shape index (κ3) is 2.88. The minimum Gasteiger partial charge on any atom is -0.497 e. The molecule has 4 nitrogen and oxygen atoms in total. The first-order chi connectivity index (χ1) is 7.58. The summed E-state index contributed by atoms with van der Waals surface area (Å²) in [7, 11) is 1.58. The van der Waals surface area contributed by atoms with Gasteiger partial charge in [-0.2, -0.15) is 5.26 Å². The SMILES string of the molecule is COc1ccc([C@H](C)N)c(OC(C)C#N)c1. The first-order valence-electron chi connectivity index (χ1n) is 5.08. The van der Waals surface area contributed by atoms with Crippen LogP contribution in [0.3, 0.4) is 0 Å². The third-order valence-corrected chi connectivity index (χ3v) is 2.20. The second-order valence-electron chi connectivity index (χ2n) is 3.58. The Morgan fingerprint density at radius 2 is 2.06 bits per heavy atom. The van der Waals surface area contributed by atoms with Crippen LogP contribution in [-0.4, -0.2) is 13.2 Å². The first-order valence-corrected chi connectivity index (χ1v) is 5.08. The van der Waals surface area contributed by atoms with Gasteiger partial charge in [0.1, 0.15) is 17.6 Å². The number of benzene rings is 1. The zero-order valence-corrected chi connectivity index (χ0v) is 9.73. The Balaban J connectivity index is 3.06. The lowest BCUT2D eigenvalue weighted by atomic mass is 10.1. The molecule has 2 atom stereocenters. The molecule has 2 N–H and O–H groups in total. The first kappa shape index (κ1) is 12.3. The summed E-state index contributed by atoms with van der Waals surface area (Å²) in [5, 5.41) is 8.71. The number of nitrogens with zero attached hydrogens (tertiary/aromatic N) is 1. The summed E-state index contributed by atoms with van der Waals surface area (Å²) in [5.74, 6) is 1.29.